The summed E-state index contributed by atoms with van der Waals surface area (Å²) in [6.45, 7) is 3.18. The van der Waals surface area contributed by atoms with Crippen LogP contribution in [0.4, 0.5) is 10.1 Å². The van der Waals surface area contributed by atoms with Crippen molar-refractivity contribution in [3.63, 3.8) is 0 Å². The number of amides is 1. The Kier molecular flexibility index (Phi) is 6.42. The number of aliphatic hydroxyl groups excluding tert-OH is 1. The van der Waals surface area contributed by atoms with E-state index in [0.29, 0.717) is 22.5 Å². The van der Waals surface area contributed by atoms with E-state index in [9.17, 15) is 19.1 Å². The lowest BCUT2D eigenvalue weighted by atomic mass is 10.1. The first kappa shape index (κ1) is 21.4. The van der Waals surface area contributed by atoms with Gasteiger partial charge in [0.05, 0.1) is 0 Å². The van der Waals surface area contributed by atoms with E-state index in [-0.39, 0.29) is 36.9 Å². The van der Waals surface area contributed by atoms with Gasteiger partial charge in [-0.1, -0.05) is 12.1 Å². The monoisotopic (exact) mass is 409 g/mol. The third-order valence-corrected chi connectivity index (χ3v) is 4.99. The topological polar surface area (TPSA) is 75.4 Å². The molecule has 7 heteroatoms. The molecule has 1 amide bonds. The zero-order valence-electron chi connectivity index (χ0n) is 17.2. The minimum absolute atomic E-state index is 0.142. The maximum absolute atomic E-state index is 13.4. The van der Waals surface area contributed by atoms with Crippen molar-refractivity contribution in [3.8, 4) is 11.4 Å². The van der Waals surface area contributed by atoms with Gasteiger partial charge in [0, 0.05) is 42.6 Å². The molecule has 0 fully saturated rings. The van der Waals surface area contributed by atoms with E-state index in [0.717, 1.165) is 5.56 Å². The normalized spacial score (nSPS) is 10.8. The number of aromatic nitrogens is 2. The third-order valence-electron chi connectivity index (χ3n) is 4.99. The minimum atomic E-state index is -0.406. The first-order valence-electron chi connectivity index (χ1n) is 9.62. The fraction of sp³-hybridized carbons (Fsp3) is 0.261. The molecule has 1 aromatic heterocycles. The van der Waals surface area contributed by atoms with Crippen LogP contribution in [-0.2, 0) is 17.8 Å². The number of hydrogen-bond acceptors (Lipinski definition) is 4. The lowest BCUT2D eigenvalue weighted by Crippen LogP contribution is -2.36. The molecule has 0 saturated heterocycles. The Morgan fingerprint density at radius 2 is 1.87 bits per heavy atom. The summed E-state index contributed by atoms with van der Waals surface area (Å²) in [5.41, 5.74) is 2.70. The van der Waals surface area contributed by atoms with Crippen LogP contribution < -0.4 is 10.5 Å². The van der Waals surface area contributed by atoms with E-state index in [1.165, 1.54) is 33.7 Å². The number of aryl methyl sites for hydroxylation is 2. The zero-order valence-corrected chi connectivity index (χ0v) is 17.2. The van der Waals surface area contributed by atoms with Crippen molar-refractivity contribution in [2.24, 2.45) is 0 Å². The molecule has 0 atom stereocenters. The van der Waals surface area contributed by atoms with Crippen molar-refractivity contribution in [3.05, 3.63) is 81.5 Å². The van der Waals surface area contributed by atoms with Crippen LogP contribution in [0.3, 0.4) is 0 Å². The van der Waals surface area contributed by atoms with E-state index in [4.69, 9.17) is 0 Å². The fourth-order valence-corrected chi connectivity index (χ4v) is 3.29. The number of halogens is 1. The van der Waals surface area contributed by atoms with Gasteiger partial charge >= 0.3 is 0 Å². The molecule has 0 aliphatic heterocycles. The Morgan fingerprint density at radius 3 is 2.50 bits per heavy atom. The molecule has 3 aromatic rings. The van der Waals surface area contributed by atoms with Crippen LogP contribution in [0.2, 0.25) is 0 Å². The Bertz CT molecular complexity index is 1120. The molecule has 0 aliphatic rings. The van der Waals surface area contributed by atoms with Crippen LogP contribution in [0.25, 0.3) is 11.4 Å². The van der Waals surface area contributed by atoms with Gasteiger partial charge in [-0.2, -0.15) is 0 Å². The summed E-state index contributed by atoms with van der Waals surface area (Å²) in [7, 11) is 1.65. The Labute approximate surface area is 174 Å². The molecule has 0 spiro atoms. The maximum atomic E-state index is 13.4. The Morgan fingerprint density at radius 1 is 1.17 bits per heavy atom. The largest absolute Gasteiger partial charge is 0.396 e. The van der Waals surface area contributed by atoms with Gasteiger partial charge in [-0.15, -0.1) is 0 Å². The van der Waals surface area contributed by atoms with Crippen LogP contribution >= 0.6 is 0 Å². The molecule has 2 aromatic carbocycles. The van der Waals surface area contributed by atoms with Gasteiger partial charge in [-0.3, -0.25) is 14.2 Å². The van der Waals surface area contributed by atoms with Crippen LogP contribution in [0.15, 0.2) is 53.3 Å². The molecule has 6 nitrogen and oxygen atoms in total. The predicted molar refractivity (Wildman–Crippen MR) is 114 cm³/mol. The quantitative estimate of drug-likeness (QED) is 0.679. The molecule has 30 heavy (non-hydrogen) atoms. The van der Waals surface area contributed by atoms with Crippen LogP contribution in [0, 0.1) is 19.7 Å². The Balaban J connectivity index is 2.07. The first-order chi connectivity index (χ1) is 14.3. The molecule has 1 N–H and O–H groups in total. The van der Waals surface area contributed by atoms with Crippen molar-refractivity contribution >= 4 is 11.6 Å². The lowest BCUT2D eigenvalue weighted by molar-refractivity contribution is -0.118. The molecular formula is C23H24FN3O3. The summed E-state index contributed by atoms with van der Waals surface area (Å²) in [4.78, 5) is 32.1. The fourth-order valence-electron chi connectivity index (χ4n) is 3.29. The van der Waals surface area contributed by atoms with E-state index >= 15 is 0 Å². The van der Waals surface area contributed by atoms with Crippen LogP contribution in [-0.4, -0.2) is 34.2 Å². The van der Waals surface area contributed by atoms with Crippen molar-refractivity contribution in [2.75, 3.05) is 18.6 Å². The smallest absolute Gasteiger partial charge is 0.257 e. The summed E-state index contributed by atoms with van der Waals surface area (Å²) >= 11 is 0. The van der Waals surface area contributed by atoms with Crippen molar-refractivity contribution < 1.29 is 14.3 Å². The molecule has 0 bridgehead atoms. The number of anilines is 1. The van der Waals surface area contributed by atoms with E-state index in [1.807, 2.05) is 31.2 Å². The average Bonchev–Trinajstić information content (AvgIpc) is 2.73. The maximum Gasteiger partial charge on any atom is 0.257 e. The van der Waals surface area contributed by atoms with Crippen molar-refractivity contribution in [1.82, 2.24) is 9.55 Å². The molecule has 0 unspecified atom stereocenters. The summed E-state index contributed by atoms with van der Waals surface area (Å²) < 4.78 is 14.7. The highest BCUT2D eigenvalue weighted by Crippen LogP contribution is 2.20. The van der Waals surface area contributed by atoms with E-state index < -0.39 is 5.82 Å². The second-order valence-corrected chi connectivity index (χ2v) is 7.16. The average molecular weight is 409 g/mol. The zero-order chi connectivity index (χ0) is 21.8. The second-order valence-electron chi connectivity index (χ2n) is 7.16. The summed E-state index contributed by atoms with van der Waals surface area (Å²) in [6, 6.07) is 13.1. The number of rotatable bonds is 6. The van der Waals surface area contributed by atoms with Gasteiger partial charge < -0.3 is 10.0 Å². The van der Waals surface area contributed by atoms with Crippen molar-refractivity contribution in [1.29, 1.82) is 0 Å². The number of carbonyl (C=O) groups is 1. The van der Waals surface area contributed by atoms with Crippen LogP contribution in [0.1, 0.15) is 16.8 Å². The highest BCUT2D eigenvalue weighted by molar-refractivity contribution is 5.93. The molecule has 3 rings (SSSR count). The van der Waals surface area contributed by atoms with E-state index in [1.54, 1.807) is 14.0 Å². The van der Waals surface area contributed by atoms with Crippen molar-refractivity contribution in [2.45, 2.75) is 26.8 Å². The predicted octanol–water partition coefficient (Wildman–Crippen LogP) is 2.86. The number of hydrogen-bond donors (Lipinski definition) is 1. The number of carbonyl (C=O) groups excluding carboxylic acids is 1. The number of aliphatic hydroxyl groups is 1. The molecule has 1 heterocycles. The summed E-state index contributed by atoms with van der Waals surface area (Å²) in [5.74, 6) is -0.423. The minimum Gasteiger partial charge on any atom is -0.396 e. The lowest BCUT2D eigenvalue weighted by Gasteiger charge is -2.21. The van der Waals surface area contributed by atoms with Gasteiger partial charge in [-0.25, -0.2) is 9.37 Å². The molecule has 156 valence electrons. The highest BCUT2D eigenvalue weighted by atomic mass is 19.1. The number of likely N-dealkylation sites (N-methyl/N-ethyl adjacent to an activating group) is 1. The third kappa shape index (κ3) is 4.46. The number of benzene rings is 2. The summed E-state index contributed by atoms with van der Waals surface area (Å²) in [5, 5.41) is 9.33. The second kappa shape index (κ2) is 9.00. The van der Waals surface area contributed by atoms with Gasteiger partial charge in [0.2, 0.25) is 5.91 Å². The standard InChI is InChI=1S/C23H24FN3O3/c1-15-5-4-6-19(13-15)26(3)21(29)14-27-22(17-7-9-18(24)10-8-17)25-16(2)20(11-12-28)23(27)30/h4-10,13,28H,11-12,14H2,1-3H3. The highest BCUT2D eigenvalue weighted by Gasteiger charge is 2.20. The van der Waals surface area contributed by atoms with Gasteiger partial charge in [0.15, 0.2) is 0 Å². The molecule has 0 radical (unpaired) electrons. The van der Waals surface area contributed by atoms with Crippen LogP contribution in [0.5, 0.6) is 0 Å². The molecule has 0 saturated carbocycles. The Hall–Kier alpha value is -3.32. The SMILES string of the molecule is Cc1cccc(N(C)C(=O)Cn2c(-c3ccc(F)cc3)nc(C)c(CCO)c2=O)c1. The molecule has 0 aliphatic carbocycles. The number of nitrogens with zero attached hydrogens (tertiary/aromatic N) is 3. The van der Waals surface area contributed by atoms with Gasteiger partial charge in [0.25, 0.3) is 5.56 Å². The molecular weight excluding hydrogens is 385 g/mol. The summed E-state index contributed by atoms with van der Waals surface area (Å²) in [6.07, 6.45) is 0.142. The van der Waals surface area contributed by atoms with Gasteiger partial charge in [-0.05, 0) is 55.8 Å². The van der Waals surface area contributed by atoms with Gasteiger partial charge in [0.1, 0.15) is 18.2 Å². The van der Waals surface area contributed by atoms with E-state index in [2.05, 4.69) is 4.98 Å². The first-order valence-corrected chi connectivity index (χ1v) is 9.62.